The summed E-state index contributed by atoms with van der Waals surface area (Å²) >= 11 is 1.58. The molecule has 2 aliphatic heterocycles. The van der Waals surface area contributed by atoms with Crippen molar-refractivity contribution in [3.05, 3.63) is 16.0 Å². The summed E-state index contributed by atoms with van der Waals surface area (Å²) in [6, 6.07) is 2.33. The second kappa shape index (κ2) is 9.90. The third kappa shape index (κ3) is 4.85. The van der Waals surface area contributed by atoms with Crippen LogP contribution < -0.4 is 5.32 Å². The van der Waals surface area contributed by atoms with Gasteiger partial charge in [0.1, 0.15) is 17.2 Å². The molecule has 0 saturated carbocycles. The molecule has 1 aromatic rings. The van der Waals surface area contributed by atoms with E-state index in [9.17, 15) is 14.9 Å². The highest BCUT2D eigenvalue weighted by atomic mass is 32.1. The first-order valence-electron chi connectivity index (χ1n) is 11.1. The van der Waals surface area contributed by atoms with Gasteiger partial charge in [-0.05, 0) is 44.1 Å². The summed E-state index contributed by atoms with van der Waals surface area (Å²) in [6.07, 6.45) is 8.15. The van der Waals surface area contributed by atoms with Crippen molar-refractivity contribution < 1.29 is 14.3 Å². The van der Waals surface area contributed by atoms with Gasteiger partial charge >= 0.3 is 0 Å². The fraction of sp³-hybridized carbons (Fsp3) is 0.682. The number of fused-ring (bicyclic) bond motifs is 1. The quantitative estimate of drug-likeness (QED) is 0.793. The number of aryl methyl sites for hydroxylation is 1. The molecule has 1 atom stereocenters. The van der Waals surface area contributed by atoms with Crippen LogP contribution in [0.15, 0.2) is 0 Å². The first-order chi connectivity index (χ1) is 14.7. The molecule has 1 aliphatic carbocycles. The van der Waals surface area contributed by atoms with Crippen molar-refractivity contribution in [3.8, 4) is 6.07 Å². The van der Waals surface area contributed by atoms with Crippen LogP contribution in [0.5, 0.6) is 0 Å². The monoisotopic (exact) mass is 430 g/mol. The van der Waals surface area contributed by atoms with Crippen molar-refractivity contribution in [3.63, 3.8) is 0 Å². The van der Waals surface area contributed by atoms with Crippen LogP contribution in [0.1, 0.15) is 54.5 Å². The second-order valence-electron chi connectivity index (χ2n) is 8.39. The molecular formula is C22H30N4O3S. The van der Waals surface area contributed by atoms with E-state index in [0.29, 0.717) is 43.4 Å². The smallest absolute Gasteiger partial charge is 0.251 e. The third-order valence-corrected chi connectivity index (χ3v) is 7.50. The molecule has 0 aromatic carbocycles. The molecule has 1 N–H and O–H groups in total. The highest BCUT2D eigenvalue weighted by Crippen LogP contribution is 2.36. The molecule has 1 unspecified atom stereocenters. The lowest BCUT2D eigenvalue weighted by Gasteiger charge is -2.35. The predicted octanol–water partition coefficient (Wildman–Crippen LogP) is 2.54. The number of nitrogens with one attached hydrogen (secondary N) is 1. The summed E-state index contributed by atoms with van der Waals surface area (Å²) in [4.78, 5) is 30.3. The minimum Gasteiger partial charge on any atom is -0.368 e. The maximum Gasteiger partial charge on any atom is 0.251 e. The Labute approximate surface area is 182 Å². The SMILES string of the molecule is N#Cc1c(NC(=O)CN2CCN(C(=O)C3CCCO3)CC2)sc2c1CCCCCC2. The van der Waals surface area contributed by atoms with E-state index in [2.05, 4.69) is 16.3 Å². The number of nitrogens with zero attached hydrogens (tertiary/aromatic N) is 3. The highest BCUT2D eigenvalue weighted by Gasteiger charge is 2.30. The van der Waals surface area contributed by atoms with Gasteiger partial charge in [0.25, 0.3) is 5.91 Å². The Kier molecular flexibility index (Phi) is 7.03. The van der Waals surface area contributed by atoms with Crippen molar-refractivity contribution in [2.75, 3.05) is 44.6 Å². The van der Waals surface area contributed by atoms with Crippen LogP contribution in [0.25, 0.3) is 0 Å². The topological polar surface area (TPSA) is 85.7 Å². The van der Waals surface area contributed by atoms with Gasteiger partial charge in [-0.2, -0.15) is 5.26 Å². The van der Waals surface area contributed by atoms with Gasteiger partial charge in [0, 0.05) is 37.7 Å². The lowest BCUT2D eigenvalue weighted by atomic mass is 9.97. The second-order valence-corrected chi connectivity index (χ2v) is 9.49. The number of nitriles is 1. The average Bonchev–Trinajstić information content (AvgIpc) is 3.36. The number of rotatable bonds is 4. The molecule has 1 aromatic heterocycles. The van der Waals surface area contributed by atoms with E-state index in [1.807, 2.05) is 4.90 Å². The van der Waals surface area contributed by atoms with E-state index in [1.54, 1.807) is 11.3 Å². The molecular weight excluding hydrogens is 400 g/mol. The van der Waals surface area contributed by atoms with Gasteiger partial charge in [-0.15, -0.1) is 11.3 Å². The Morgan fingerprint density at radius 1 is 1.10 bits per heavy atom. The molecule has 3 aliphatic rings. The van der Waals surface area contributed by atoms with E-state index in [0.717, 1.165) is 44.1 Å². The number of hydrogen-bond donors (Lipinski definition) is 1. The van der Waals surface area contributed by atoms with Crippen LogP contribution in [0.3, 0.4) is 0 Å². The Morgan fingerprint density at radius 3 is 2.57 bits per heavy atom. The van der Waals surface area contributed by atoms with Crippen molar-refractivity contribution in [1.82, 2.24) is 9.80 Å². The van der Waals surface area contributed by atoms with Crippen molar-refractivity contribution >= 4 is 28.2 Å². The predicted molar refractivity (Wildman–Crippen MR) is 116 cm³/mol. The summed E-state index contributed by atoms with van der Waals surface area (Å²) in [5.74, 6) is 0.00545. The standard InChI is InChI=1S/C22H30N4O3S/c23-14-17-16-6-3-1-2-4-8-19(16)30-21(17)24-20(27)15-25-9-11-26(12-10-25)22(28)18-7-5-13-29-18/h18H,1-13,15H2,(H,24,27). The van der Waals surface area contributed by atoms with Gasteiger partial charge in [0.05, 0.1) is 12.1 Å². The third-order valence-electron chi connectivity index (χ3n) is 6.29. The minimum atomic E-state index is -0.275. The molecule has 3 heterocycles. The summed E-state index contributed by atoms with van der Waals surface area (Å²) in [5.41, 5.74) is 1.82. The van der Waals surface area contributed by atoms with Crippen molar-refractivity contribution in [1.29, 1.82) is 5.26 Å². The first-order valence-corrected chi connectivity index (χ1v) is 11.9. The van der Waals surface area contributed by atoms with Crippen LogP contribution in [0.4, 0.5) is 5.00 Å². The molecule has 162 valence electrons. The minimum absolute atomic E-state index is 0.0837. The molecule has 0 radical (unpaired) electrons. The molecule has 0 spiro atoms. The molecule has 0 bridgehead atoms. The van der Waals surface area contributed by atoms with Gasteiger partial charge in [0.15, 0.2) is 0 Å². The zero-order valence-corrected chi connectivity index (χ0v) is 18.3. The van der Waals surface area contributed by atoms with E-state index in [1.165, 1.54) is 17.7 Å². The summed E-state index contributed by atoms with van der Waals surface area (Å²) in [6.45, 7) is 3.57. The maximum atomic E-state index is 12.7. The number of carbonyl (C=O) groups is 2. The molecule has 2 saturated heterocycles. The molecule has 2 amide bonds. The maximum absolute atomic E-state index is 12.7. The normalized spacial score (nSPS) is 22.6. The molecule has 2 fully saturated rings. The summed E-state index contributed by atoms with van der Waals surface area (Å²) in [7, 11) is 0. The van der Waals surface area contributed by atoms with E-state index in [-0.39, 0.29) is 24.5 Å². The van der Waals surface area contributed by atoms with E-state index >= 15 is 0 Å². The van der Waals surface area contributed by atoms with Gasteiger partial charge < -0.3 is 15.0 Å². The van der Waals surface area contributed by atoms with Gasteiger partial charge in [-0.3, -0.25) is 14.5 Å². The summed E-state index contributed by atoms with van der Waals surface area (Å²) < 4.78 is 5.50. The number of anilines is 1. The number of amides is 2. The summed E-state index contributed by atoms with van der Waals surface area (Å²) in [5, 5.41) is 13.4. The number of ether oxygens (including phenoxy) is 1. The fourth-order valence-corrected chi connectivity index (χ4v) is 5.85. The zero-order chi connectivity index (χ0) is 20.9. The van der Waals surface area contributed by atoms with Gasteiger partial charge in [-0.25, -0.2) is 0 Å². The number of piperazine rings is 1. The highest BCUT2D eigenvalue weighted by molar-refractivity contribution is 7.16. The molecule has 7 nitrogen and oxygen atoms in total. The molecule has 8 heteroatoms. The largest absolute Gasteiger partial charge is 0.368 e. The van der Waals surface area contributed by atoms with Crippen molar-refractivity contribution in [2.24, 2.45) is 0 Å². The first kappa shape index (κ1) is 21.3. The fourth-order valence-electron chi connectivity index (χ4n) is 4.60. The number of thiophene rings is 1. The van der Waals surface area contributed by atoms with E-state index in [4.69, 9.17) is 4.74 Å². The van der Waals surface area contributed by atoms with Crippen LogP contribution in [-0.4, -0.2) is 67.0 Å². The molecule has 30 heavy (non-hydrogen) atoms. The van der Waals surface area contributed by atoms with Crippen LogP contribution in [-0.2, 0) is 27.2 Å². The lowest BCUT2D eigenvalue weighted by molar-refractivity contribution is -0.142. The van der Waals surface area contributed by atoms with Gasteiger partial charge in [0.2, 0.25) is 5.91 Å². The Bertz CT molecular complexity index is 817. The van der Waals surface area contributed by atoms with Crippen LogP contribution in [0, 0.1) is 11.3 Å². The Morgan fingerprint density at radius 2 is 1.87 bits per heavy atom. The van der Waals surface area contributed by atoms with Crippen LogP contribution in [0.2, 0.25) is 0 Å². The number of carbonyl (C=O) groups excluding carboxylic acids is 2. The van der Waals surface area contributed by atoms with Crippen molar-refractivity contribution in [2.45, 2.75) is 57.5 Å². The van der Waals surface area contributed by atoms with Gasteiger partial charge in [-0.1, -0.05) is 12.8 Å². The van der Waals surface area contributed by atoms with E-state index < -0.39 is 0 Å². The lowest BCUT2D eigenvalue weighted by Crippen LogP contribution is -2.52. The zero-order valence-electron chi connectivity index (χ0n) is 17.5. The molecule has 4 rings (SSSR count). The Hall–Kier alpha value is -1.95. The average molecular weight is 431 g/mol. The number of hydrogen-bond acceptors (Lipinski definition) is 6. The van der Waals surface area contributed by atoms with Crippen LogP contribution >= 0.6 is 11.3 Å². The Balaban J connectivity index is 1.31.